The Bertz CT molecular complexity index is 1040. The van der Waals surface area contributed by atoms with Gasteiger partial charge in [-0.2, -0.15) is 0 Å². The molecule has 1 aliphatic heterocycles. The molecule has 204 valence electrons. The van der Waals surface area contributed by atoms with Gasteiger partial charge in [0.1, 0.15) is 5.82 Å². The molecule has 37 heavy (non-hydrogen) atoms. The lowest BCUT2D eigenvalue weighted by Crippen LogP contribution is -2.58. The quantitative estimate of drug-likeness (QED) is 0.512. The number of hydrogen-bond acceptors (Lipinski definition) is 3. The van der Waals surface area contributed by atoms with Crippen LogP contribution in [0.15, 0.2) is 18.2 Å². The van der Waals surface area contributed by atoms with E-state index in [1.807, 2.05) is 6.07 Å². The van der Waals surface area contributed by atoms with E-state index < -0.39 is 0 Å². The SMILES string of the molecule is C[C@H](CCC(=O)N1CCc2c(F)cccc21)[C@H]1CC[C@H]2[C@@H]3CC[C@@H]4C[C@H](O)CC[C@]4(C)[C@H]3C[C@H](O)[C@]12C. The van der Waals surface area contributed by atoms with Crippen LogP contribution in [0.3, 0.4) is 0 Å². The van der Waals surface area contributed by atoms with Gasteiger partial charge in [-0.15, -0.1) is 0 Å². The molecule has 2 N–H and O–H groups in total. The molecule has 10 atom stereocenters. The third kappa shape index (κ3) is 3.92. The van der Waals surface area contributed by atoms with E-state index in [-0.39, 0.29) is 34.8 Å². The van der Waals surface area contributed by atoms with Crippen molar-refractivity contribution in [1.29, 1.82) is 0 Å². The molecule has 0 aromatic heterocycles. The van der Waals surface area contributed by atoms with Gasteiger partial charge in [0.05, 0.1) is 12.2 Å². The molecule has 4 aliphatic carbocycles. The molecule has 5 aliphatic rings. The molecule has 5 heteroatoms. The molecule has 0 spiro atoms. The Morgan fingerprint density at radius 1 is 1.11 bits per heavy atom. The van der Waals surface area contributed by atoms with Crippen LogP contribution in [-0.2, 0) is 11.2 Å². The number of hydrogen-bond donors (Lipinski definition) is 2. The summed E-state index contributed by atoms with van der Waals surface area (Å²) in [6, 6.07) is 5.05. The average molecular weight is 512 g/mol. The van der Waals surface area contributed by atoms with E-state index in [0.717, 1.165) is 44.2 Å². The Kier molecular flexibility index (Phi) is 6.50. The maximum atomic E-state index is 14.2. The molecule has 0 radical (unpaired) electrons. The lowest BCUT2D eigenvalue weighted by molar-refractivity contribution is -0.174. The minimum Gasteiger partial charge on any atom is -0.393 e. The average Bonchev–Trinajstić information content (AvgIpc) is 3.47. The predicted molar refractivity (Wildman–Crippen MR) is 143 cm³/mol. The van der Waals surface area contributed by atoms with Crippen molar-refractivity contribution in [2.75, 3.05) is 11.4 Å². The molecule has 6 rings (SSSR count). The third-order valence-corrected chi connectivity index (χ3v) is 12.6. The predicted octanol–water partition coefficient (Wildman–Crippen LogP) is 6.12. The lowest BCUT2D eigenvalue weighted by Gasteiger charge is -2.62. The zero-order valence-electron chi connectivity index (χ0n) is 23.0. The first-order chi connectivity index (χ1) is 17.6. The molecule has 4 fully saturated rings. The highest BCUT2D eigenvalue weighted by Gasteiger charge is 2.63. The Hall–Kier alpha value is -1.46. The minimum absolute atomic E-state index is 0.0790. The molecule has 1 aromatic rings. The fourth-order valence-corrected chi connectivity index (χ4v) is 10.5. The second kappa shape index (κ2) is 9.33. The van der Waals surface area contributed by atoms with Gasteiger partial charge in [0, 0.05) is 24.2 Å². The van der Waals surface area contributed by atoms with Gasteiger partial charge < -0.3 is 15.1 Å². The number of carbonyl (C=O) groups is 1. The number of rotatable bonds is 4. The fraction of sp³-hybridized carbons (Fsp3) is 0.781. The van der Waals surface area contributed by atoms with Crippen molar-refractivity contribution in [2.24, 2.45) is 46.3 Å². The molecule has 0 bridgehead atoms. The summed E-state index contributed by atoms with van der Waals surface area (Å²) in [6.45, 7) is 7.71. The molecule has 4 saturated carbocycles. The summed E-state index contributed by atoms with van der Waals surface area (Å²) in [6.07, 6.45) is 10.1. The van der Waals surface area contributed by atoms with Gasteiger partial charge in [-0.3, -0.25) is 4.79 Å². The molecule has 1 aromatic carbocycles. The summed E-state index contributed by atoms with van der Waals surface area (Å²) < 4.78 is 14.2. The Morgan fingerprint density at radius 2 is 1.92 bits per heavy atom. The van der Waals surface area contributed by atoms with Crippen molar-refractivity contribution in [1.82, 2.24) is 0 Å². The smallest absolute Gasteiger partial charge is 0.227 e. The topological polar surface area (TPSA) is 60.8 Å². The Labute approximate surface area is 222 Å². The van der Waals surface area contributed by atoms with Crippen molar-refractivity contribution < 1.29 is 19.4 Å². The molecule has 4 nitrogen and oxygen atoms in total. The second-order valence-corrected chi connectivity index (χ2v) is 13.9. The van der Waals surface area contributed by atoms with Crippen LogP contribution in [0.2, 0.25) is 0 Å². The first-order valence-electron chi connectivity index (χ1n) is 15.1. The van der Waals surface area contributed by atoms with Gasteiger partial charge in [-0.05, 0) is 123 Å². The van der Waals surface area contributed by atoms with Crippen LogP contribution in [0.25, 0.3) is 0 Å². The van der Waals surface area contributed by atoms with Crippen molar-refractivity contribution >= 4 is 11.6 Å². The van der Waals surface area contributed by atoms with Crippen molar-refractivity contribution in [3.8, 4) is 0 Å². The first-order valence-corrected chi connectivity index (χ1v) is 15.1. The van der Waals surface area contributed by atoms with E-state index in [1.54, 1.807) is 11.0 Å². The zero-order valence-corrected chi connectivity index (χ0v) is 23.0. The number of benzene rings is 1. The molecule has 0 saturated heterocycles. The van der Waals surface area contributed by atoms with E-state index in [4.69, 9.17) is 0 Å². The van der Waals surface area contributed by atoms with E-state index >= 15 is 0 Å². The normalized spacial score (nSPS) is 43.5. The van der Waals surface area contributed by atoms with Gasteiger partial charge in [0.2, 0.25) is 5.91 Å². The molecule has 1 amide bonds. The van der Waals surface area contributed by atoms with Gasteiger partial charge in [0.15, 0.2) is 0 Å². The van der Waals surface area contributed by atoms with Crippen LogP contribution < -0.4 is 4.90 Å². The van der Waals surface area contributed by atoms with Crippen molar-refractivity contribution in [3.63, 3.8) is 0 Å². The highest BCUT2D eigenvalue weighted by molar-refractivity contribution is 5.95. The third-order valence-electron chi connectivity index (χ3n) is 12.6. The van der Waals surface area contributed by atoms with Crippen LogP contribution in [0.4, 0.5) is 10.1 Å². The summed E-state index contributed by atoms with van der Waals surface area (Å²) in [5, 5.41) is 22.1. The number of carbonyl (C=O) groups excluding carboxylic acids is 1. The van der Waals surface area contributed by atoms with Gasteiger partial charge in [-0.25, -0.2) is 4.39 Å². The maximum absolute atomic E-state index is 14.2. The molecular weight excluding hydrogens is 465 g/mol. The number of fused-ring (bicyclic) bond motifs is 6. The Morgan fingerprint density at radius 3 is 2.73 bits per heavy atom. The number of halogens is 1. The summed E-state index contributed by atoms with van der Waals surface area (Å²) in [4.78, 5) is 15.0. The van der Waals surface area contributed by atoms with E-state index in [1.165, 1.54) is 25.3 Å². The standard InChI is InChI=1S/C32H46FNO3/c1-19(7-12-30(37)34-16-14-23-27(33)5-4-6-28(23)34)24-10-11-25-22-9-8-20-17-21(35)13-15-31(20,2)26(22)18-29(36)32(24,25)3/h4-6,19-22,24-26,29,35-36H,7-18H2,1-3H3/t19-,20-,21-,22+,24-,25+,26+,29+,31+,32-/m1/s1. The van der Waals surface area contributed by atoms with Crippen molar-refractivity contribution in [2.45, 2.75) is 104 Å². The van der Waals surface area contributed by atoms with Crippen LogP contribution in [0.5, 0.6) is 0 Å². The highest BCUT2D eigenvalue weighted by Crippen LogP contribution is 2.68. The van der Waals surface area contributed by atoms with E-state index in [9.17, 15) is 19.4 Å². The van der Waals surface area contributed by atoms with Gasteiger partial charge in [-0.1, -0.05) is 26.8 Å². The second-order valence-electron chi connectivity index (χ2n) is 13.9. The minimum atomic E-state index is -0.291. The van der Waals surface area contributed by atoms with Crippen molar-refractivity contribution in [3.05, 3.63) is 29.6 Å². The largest absolute Gasteiger partial charge is 0.393 e. The van der Waals surface area contributed by atoms with Gasteiger partial charge >= 0.3 is 0 Å². The summed E-state index contributed by atoms with van der Waals surface area (Å²) in [5.41, 5.74) is 1.60. The Balaban J connectivity index is 1.14. The van der Waals surface area contributed by atoms with Gasteiger partial charge in [0.25, 0.3) is 0 Å². The number of anilines is 1. The molecule has 1 heterocycles. The number of aliphatic hydroxyl groups is 2. The number of aliphatic hydroxyl groups excluding tert-OH is 2. The van der Waals surface area contributed by atoms with Crippen LogP contribution in [-0.4, -0.2) is 34.9 Å². The molecule has 0 unspecified atom stereocenters. The van der Waals surface area contributed by atoms with Crippen LogP contribution in [0, 0.1) is 52.2 Å². The van der Waals surface area contributed by atoms with Crippen LogP contribution in [0.1, 0.15) is 90.5 Å². The first kappa shape index (κ1) is 25.8. The summed E-state index contributed by atoms with van der Waals surface area (Å²) in [7, 11) is 0. The lowest BCUT2D eigenvalue weighted by atomic mass is 9.43. The monoisotopic (exact) mass is 511 g/mol. The highest BCUT2D eigenvalue weighted by atomic mass is 19.1. The number of nitrogens with zero attached hydrogens (tertiary/aromatic N) is 1. The molecular formula is C32H46FNO3. The van der Waals surface area contributed by atoms with Crippen LogP contribution >= 0.6 is 0 Å². The van der Waals surface area contributed by atoms with E-state index in [0.29, 0.717) is 60.5 Å². The fourth-order valence-electron chi connectivity index (χ4n) is 10.5. The maximum Gasteiger partial charge on any atom is 0.227 e. The summed E-state index contributed by atoms with van der Waals surface area (Å²) >= 11 is 0. The van der Waals surface area contributed by atoms with E-state index in [2.05, 4.69) is 20.8 Å². The summed E-state index contributed by atoms with van der Waals surface area (Å²) in [5.74, 6) is 3.11. The zero-order chi connectivity index (χ0) is 26.1. The number of amides is 1.